The second kappa shape index (κ2) is 3.31. The summed E-state index contributed by atoms with van der Waals surface area (Å²) in [6.45, 7) is 3.94. The van der Waals surface area contributed by atoms with Crippen LogP contribution in [0.25, 0.3) is 0 Å². The van der Waals surface area contributed by atoms with E-state index in [4.69, 9.17) is 0 Å². The Morgan fingerprint density at radius 3 is 2.20 bits per heavy atom. The molecular formula is C6H9N2PS. The highest BCUT2D eigenvalue weighted by Gasteiger charge is 1.95. The highest BCUT2D eigenvalue weighted by Crippen LogP contribution is 2.20. The molecule has 0 aliphatic heterocycles. The molecule has 1 unspecified atom stereocenters. The smallest absolute Gasteiger partial charge is 0.191 e. The lowest BCUT2D eigenvalue weighted by Gasteiger charge is -1.97. The third kappa shape index (κ3) is 1.93. The third-order valence-corrected chi connectivity index (χ3v) is 2.09. The zero-order chi connectivity index (χ0) is 7.56. The first-order valence-electron chi connectivity index (χ1n) is 2.91. The highest BCUT2D eigenvalue weighted by molar-refractivity contribution is 8.43. The van der Waals surface area contributed by atoms with Gasteiger partial charge in [0.2, 0.25) is 0 Å². The molecule has 0 N–H and O–H groups in total. The van der Waals surface area contributed by atoms with Crippen molar-refractivity contribution in [2.24, 2.45) is 0 Å². The summed E-state index contributed by atoms with van der Waals surface area (Å²) in [5.74, 6) is 0. The lowest BCUT2D eigenvalue weighted by molar-refractivity contribution is 0.907. The van der Waals surface area contributed by atoms with E-state index in [0.717, 1.165) is 16.5 Å². The Hall–Kier alpha value is -0.140. The molecule has 0 spiro atoms. The van der Waals surface area contributed by atoms with E-state index in [1.807, 2.05) is 19.9 Å². The van der Waals surface area contributed by atoms with Crippen LogP contribution < -0.4 is 0 Å². The average molecular weight is 172 g/mol. The van der Waals surface area contributed by atoms with Gasteiger partial charge in [-0.1, -0.05) is 19.8 Å². The zero-order valence-electron chi connectivity index (χ0n) is 5.96. The topological polar surface area (TPSA) is 25.8 Å². The summed E-state index contributed by atoms with van der Waals surface area (Å²) in [6.07, 6.45) is 0. The maximum absolute atomic E-state index is 4.18. The lowest BCUT2D eigenvalue weighted by Crippen LogP contribution is -1.90. The van der Waals surface area contributed by atoms with Gasteiger partial charge in [0.05, 0.1) is 0 Å². The van der Waals surface area contributed by atoms with Gasteiger partial charge in [-0.25, -0.2) is 9.97 Å². The van der Waals surface area contributed by atoms with Crippen molar-refractivity contribution in [3.05, 3.63) is 17.5 Å². The molecule has 0 radical (unpaired) electrons. The van der Waals surface area contributed by atoms with Crippen molar-refractivity contribution in [1.82, 2.24) is 9.97 Å². The zero-order valence-corrected chi connectivity index (χ0v) is 7.93. The van der Waals surface area contributed by atoms with Gasteiger partial charge in [-0.05, 0) is 19.9 Å². The summed E-state index contributed by atoms with van der Waals surface area (Å²) >= 11 is 1.49. The van der Waals surface area contributed by atoms with Crippen LogP contribution in [0.4, 0.5) is 0 Å². The average Bonchev–Trinajstić information content (AvgIpc) is 1.85. The van der Waals surface area contributed by atoms with Crippen LogP contribution in [0.5, 0.6) is 0 Å². The summed E-state index contributed by atoms with van der Waals surface area (Å²) in [5.41, 5.74) is 2.05. The molecule has 1 heterocycles. The first-order valence-corrected chi connectivity index (χ1v) is 5.21. The number of hydrogen-bond donors (Lipinski definition) is 0. The second-order valence-electron chi connectivity index (χ2n) is 2.05. The molecular weight excluding hydrogens is 163 g/mol. The highest BCUT2D eigenvalue weighted by atomic mass is 32.7. The minimum atomic E-state index is 0.822. The fraction of sp³-hybridized carbons (Fsp3) is 0.333. The molecule has 0 saturated carbocycles. The Labute approximate surface area is 66.8 Å². The Morgan fingerprint density at radius 2 is 1.80 bits per heavy atom. The van der Waals surface area contributed by atoms with Gasteiger partial charge in [0, 0.05) is 11.4 Å². The van der Waals surface area contributed by atoms with E-state index in [2.05, 4.69) is 18.4 Å². The first-order chi connectivity index (χ1) is 4.72. The Balaban J connectivity index is 3.06. The number of rotatable bonds is 1. The van der Waals surface area contributed by atoms with Gasteiger partial charge < -0.3 is 0 Å². The minimum Gasteiger partial charge on any atom is -0.228 e. The molecule has 2 nitrogen and oxygen atoms in total. The molecule has 0 amide bonds. The van der Waals surface area contributed by atoms with Crippen molar-refractivity contribution in [3.63, 3.8) is 0 Å². The van der Waals surface area contributed by atoms with Crippen LogP contribution in [-0.4, -0.2) is 9.97 Å². The molecule has 54 valence electrons. The van der Waals surface area contributed by atoms with Crippen LogP contribution in [0.15, 0.2) is 11.2 Å². The monoisotopic (exact) mass is 172 g/mol. The Bertz CT molecular complexity index is 219. The number of aromatic nitrogens is 2. The molecule has 0 aliphatic rings. The van der Waals surface area contributed by atoms with E-state index in [0.29, 0.717) is 0 Å². The van der Waals surface area contributed by atoms with Gasteiger partial charge in [0.15, 0.2) is 5.16 Å². The van der Waals surface area contributed by atoms with Gasteiger partial charge in [0.25, 0.3) is 0 Å². The molecule has 0 bridgehead atoms. The van der Waals surface area contributed by atoms with Crippen molar-refractivity contribution >= 4 is 19.8 Å². The normalized spacial score (nSPS) is 9.90. The van der Waals surface area contributed by atoms with Crippen molar-refractivity contribution in [2.45, 2.75) is 19.0 Å². The summed E-state index contributed by atoms with van der Waals surface area (Å²) < 4.78 is 0. The molecule has 0 saturated heterocycles. The second-order valence-corrected chi connectivity index (χ2v) is 3.36. The third-order valence-electron chi connectivity index (χ3n) is 1.07. The Morgan fingerprint density at radius 1 is 1.30 bits per heavy atom. The van der Waals surface area contributed by atoms with Gasteiger partial charge in [-0.2, -0.15) is 0 Å². The number of hydrogen-bond acceptors (Lipinski definition) is 3. The minimum absolute atomic E-state index is 0.822. The van der Waals surface area contributed by atoms with E-state index >= 15 is 0 Å². The van der Waals surface area contributed by atoms with E-state index < -0.39 is 0 Å². The van der Waals surface area contributed by atoms with Gasteiger partial charge in [-0.15, -0.1) is 0 Å². The van der Waals surface area contributed by atoms with Gasteiger partial charge in [-0.3, -0.25) is 0 Å². The maximum Gasteiger partial charge on any atom is 0.191 e. The van der Waals surface area contributed by atoms with Crippen molar-refractivity contribution in [3.8, 4) is 0 Å². The largest absolute Gasteiger partial charge is 0.228 e. The SMILES string of the molecule is Cc1cc(C)nc(SP)n1. The van der Waals surface area contributed by atoms with Crippen LogP contribution in [0.2, 0.25) is 0 Å². The molecule has 1 rings (SSSR count). The molecule has 0 fully saturated rings. The van der Waals surface area contributed by atoms with E-state index in [-0.39, 0.29) is 0 Å². The summed E-state index contributed by atoms with van der Waals surface area (Å²) in [4.78, 5) is 8.37. The quantitative estimate of drug-likeness (QED) is 0.478. The summed E-state index contributed by atoms with van der Waals surface area (Å²) in [7, 11) is 2.53. The molecule has 1 aromatic rings. The maximum atomic E-state index is 4.18. The number of aryl methyl sites for hydroxylation is 2. The van der Waals surface area contributed by atoms with E-state index in [9.17, 15) is 0 Å². The summed E-state index contributed by atoms with van der Waals surface area (Å²) in [5, 5.41) is 0.822. The lowest BCUT2D eigenvalue weighted by atomic mass is 10.4. The molecule has 1 atom stereocenters. The van der Waals surface area contributed by atoms with Crippen LogP contribution >= 0.6 is 19.8 Å². The van der Waals surface area contributed by atoms with Gasteiger partial charge >= 0.3 is 0 Å². The predicted molar refractivity (Wildman–Crippen MR) is 47.1 cm³/mol. The molecule has 0 aliphatic carbocycles. The van der Waals surface area contributed by atoms with E-state index in [1.54, 1.807) is 0 Å². The predicted octanol–water partition coefficient (Wildman–Crippen LogP) is 1.98. The van der Waals surface area contributed by atoms with Crippen molar-refractivity contribution < 1.29 is 0 Å². The molecule has 4 heteroatoms. The number of nitrogens with zero attached hydrogens (tertiary/aromatic N) is 2. The van der Waals surface area contributed by atoms with Crippen LogP contribution in [0.1, 0.15) is 11.4 Å². The molecule has 1 aromatic heterocycles. The standard InChI is InChI=1S/C6H9N2PS/c1-4-3-5(2)8-6(7-4)10-9/h3H,9H2,1-2H3. The molecule has 10 heavy (non-hydrogen) atoms. The Kier molecular flexibility index (Phi) is 2.64. The molecule has 0 aromatic carbocycles. The van der Waals surface area contributed by atoms with E-state index in [1.165, 1.54) is 11.4 Å². The first kappa shape index (κ1) is 7.96. The summed E-state index contributed by atoms with van der Waals surface area (Å²) in [6, 6.07) is 1.96. The van der Waals surface area contributed by atoms with Crippen LogP contribution in [-0.2, 0) is 0 Å². The van der Waals surface area contributed by atoms with Crippen molar-refractivity contribution in [2.75, 3.05) is 0 Å². The van der Waals surface area contributed by atoms with Crippen LogP contribution in [0, 0.1) is 13.8 Å². The van der Waals surface area contributed by atoms with Crippen LogP contribution in [0.3, 0.4) is 0 Å². The fourth-order valence-electron chi connectivity index (χ4n) is 0.746. The van der Waals surface area contributed by atoms with Gasteiger partial charge in [0.1, 0.15) is 0 Å². The fourth-order valence-corrected chi connectivity index (χ4v) is 1.46. The van der Waals surface area contributed by atoms with Crippen molar-refractivity contribution in [1.29, 1.82) is 0 Å².